The minimum Gasteiger partial charge on any atom is -0.493 e. The van der Waals surface area contributed by atoms with Crippen LogP contribution in [0.1, 0.15) is 0 Å². The molecule has 2 aromatic carbocycles. The van der Waals surface area contributed by atoms with E-state index in [9.17, 15) is 0 Å². The van der Waals surface area contributed by atoms with Crippen molar-refractivity contribution in [2.24, 2.45) is 0 Å². The second-order valence-electron chi connectivity index (χ2n) is 4.39. The fourth-order valence-corrected chi connectivity index (χ4v) is 2.63. The Morgan fingerprint density at radius 1 is 1.00 bits per heavy atom. The maximum atomic E-state index is 5.64. The summed E-state index contributed by atoms with van der Waals surface area (Å²) >= 11 is 4.88. The number of ether oxygens (including phenoxy) is 1. The molecular weight excluding hydrogens is 364 g/mol. The zero-order chi connectivity index (χ0) is 15.2. The Kier molecular flexibility index (Phi) is 5.13. The van der Waals surface area contributed by atoms with Crippen LogP contribution in [-0.4, -0.2) is 22.6 Å². The largest absolute Gasteiger partial charge is 0.493 e. The Morgan fingerprint density at radius 3 is 2.55 bits per heavy atom. The molecule has 0 N–H and O–H groups in total. The van der Waals surface area contributed by atoms with E-state index in [1.165, 1.54) is 11.8 Å². The van der Waals surface area contributed by atoms with E-state index in [1.807, 2.05) is 54.6 Å². The lowest BCUT2D eigenvalue weighted by Crippen LogP contribution is -1.99. The summed E-state index contributed by atoms with van der Waals surface area (Å²) in [6.45, 7) is 0.579. The van der Waals surface area contributed by atoms with Crippen LogP contribution in [0.4, 0.5) is 0 Å². The Bertz CT molecular complexity index is 717. The number of benzene rings is 2. The molecule has 3 rings (SSSR count). The molecule has 3 aromatic rings. The van der Waals surface area contributed by atoms with Crippen LogP contribution in [0.5, 0.6) is 5.75 Å². The molecule has 0 unspecified atom stereocenters. The normalized spacial score (nSPS) is 10.6. The van der Waals surface area contributed by atoms with E-state index in [2.05, 4.69) is 26.1 Å². The summed E-state index contributed by atoms with van der Waals surface area (Å²) in [7, 11) is 0. The van der Waals surface area contributed by atoms with Crippen molar-refractivity contribution in [1.29, 1.82) is 0 Å². The Labute approximate surface area is 141 Å². The highest BCUT2D eigenvalue weighted by Crippen LogP contribution is 2.23. The van der Waals surface area contributed by atoms with E-state index in [0.717, 1.165) is 21.5 Å². The van der Waals surface area contributed by atoms with E-state index in [0.29, 0.717) is 17.7 Å². The van der Waals surface area contributed by atoms with Gasteiger partial charge in [-0.3, -0.25) is 0 Å². The fourth-order valence-electron chi connectivity index (χ4n) is 1.78. The SMILES string of the molecule is Brc1ccc(OCCSc2nnc(-c3ccccc3)o2)cc1. The number of hydrogen-bond acceptors (Lipinski definition) is 5. The quantitative estimate of drug-likeness (QED) is 0.462. The summed E-state index contributed by atoms with van der Waals surface area (Å²) in [5.74, 6) is 2.13. The summed E-state index contributed by atoms with van der Waals surface area (Å²) in [6.07, 6.45) is 0. The van der Waals surface area contributed by atoms with Gasteiger partial charge in [0.2, 0.25) is 5.89 Å². The molecule has 22 heavy (non-hydrogen) atoms. The molecular formula is C16H13BrN2O2S. The van der Waals surface area contributed by atoms with Crippen LogP contribution in [0.15, 0.2) is 68.7 Å². The summed E-state index contributed by atoms with van der Waals surface area (Å²) in [5, 5.41) is 8.64. The van der Waals surface area contributed by atoms with Gasteiger partial charge in [0.1, 0.15) is 5.75 Å². The van der Waals surface area contributed by atoms with Gasteiger partial charge in [-0.2, -0.15) is 0 Å². The van der Waals surface area contributed by atoms with Crippen molar-refractivity contribution < 1.29 is 9.15 Å². The van der Waals surface area contributed by atoms with Crippen molar-refractivity contribution in [2.45, 2.75) is 5.22 Å². The van der Waals surface area contributed by atoms with Gasteiger partial charge in [0.25, 0.3) is 5.22 Å². The predicted octanol–water partition coefficient (Wildman–Crippen LogP) is 4.67. The van der Waals surface area contributed by atoms with Gasteiger partial charge in [-0.15, -0.1) is 10.2 Å². The zero-order valence-corrected chi connectivity index (χ0v) is 14.0. The maximum absolute atomic E-state index is 5.64. The van der Waals surface area contributed by atoms with E-state index >= 15 is 0 Å². The van der Waals surface area contributed by atoms with Crippen molar-refractivity contribution in [3.63, 3.8) is 0 Å². The van der Waals surface area contributed by atoms with Crippen molar-refractivity contribution in [3.05, 3.63) is 59.1 Å². The first kappa shape index (κ1) is 15.1. The van der Waals surface area contributed by atoms with Crippen LogP contribution in [0.25, 0.3) is 11.5 Å². The second kappa shape index (κ2) is 7.47. The van der Waals surface area contributed by atoms with Gasteiger partial charge >= 0.3 is 0 Å². The second-order valence-corrected chi connectivity index (χ2v) is 6.35. The molecule has 1 heterocycles. The summed E-state index contributed by atoms with van der Waals surface area (Å²) < 4.78 is 12.3. The third-order valence-corrected chi connectivity index (χ3v) is 4.13. The monoisotopic (exact) mass is 376 g/mol. The molecule has 0 radical (unpaired) electrons. The molecule has 6 heteroatoms. The van der Waals surface area contributed by atoms with Crippen LogP contribution in [0.2, 0.25) is 0 Å². The van der Waals surface area contributed by atoms with Gasteiger partial charge < -0.3 is 9.15 Å². The molecule has 0 fully saturated rings. The number of hydrogen-bond donors (Lipinski definition) is 0. The van der Waals surface area contributed by atoms with Crippen molar-refractivity contribution in [1.82, 2.24) is 10.2 Å². The fraction of sp³-hybridized carbons (Fsp3) is 0.125. The molecule has 1 aromatic heterocycles. The van der Waals surface area contributed by atoms with Gasteiger partial charge in [0.15, 0.2) is 0 Å². The maximum Gasteiger partial charge on any atom is 0.276 e. The molecule has 0 aliphatic rings. The van der Waals surface area contributed by atoms with Crippen LogP contribution >= 0.6 is 27.7 Å². The molecule has 0 atom stereocenters. The van der Waals surface area contributed by atoms with Crippen LogP contribution < -0.4 is 4.74 Å². The lowest BCUT2D eigenvalue weighted by atomic mass is 10.2. The summed E-state index contributed by atoms with van der Waals surface area (Å²) in [4.78, 5) is 0. The van der Waals surface area contributed by atoms with Gasteiger partial charge in [-0.1, -0.05) is 45.9 Å². The minimum atomic E-state index is 0.539. The third kappa shape index (κ3) is 4.11. The summed E-state index contributed by atoms with van der Waals surface area (Å²) in [5.41, 5.74) is 0.924. The lowest BCUT2D eigenvalue weighted by molar-refractivity contribution is 0.343. The smallest absolute Gasteiger partial charge is 0.276 e. The molecule has 0 saturated carbocycles. The first-order valence-electron chi connectivity index (χ1n) is 6.71. The Balaban J connectivity index is 1.48. The minimum absolute atomic E-state index is 0.539. The third-order valence-electron chi connectivity index (χ3n) is 2.82. The van der Waals surface area contributed by atoms with Gasteiger partial charge in [-0.25, -0.2) is 0 Å². The molecule has 4 nitrogen and oxygen atoms in total. The van der Waals surface area contributed by atoms with Crippen LogP contribution in [-0.2, 0) is 0 Å². The predicted molar refractivity (Wildman–Crippen MR) is 90.1 cm³/mol. The molecule has 0 amide bonds. The Morgan fingerprint density at radius 2 is 1.77 bits per heavy atom. The highest BCUT2D eigenvalue weighted by molar-refractivity contribution is 9.10. The molecule has 0 aliphatic carbocycles. The van der Waals surface area contributed by atoms with Crippen molar-refractivity contribution in [2.75, 3.05) is 12.4 Å². The lowest BCUT2D eigenvalue weighted by Gasteiger charge is -2.04. The first-order chi connectivity index (χ1) is 10.8. The molecule has 0 bridgehead atoms. The molecule has 0 saturated heterocycles. The zero-order valence-electron chi connectivity index (χ0n) is 11.6. The average molecular weight is 377 g/mol. The van der Waals surface area contributed by atoms with E-state index in [1.54, 1.807) is 0 Å². The standard InChI is InChI=1S/C16H13BrN2O2S/c17-13-6-8-14(9-7-13)20-10-11-22-16-19-18-15(21-16)12-4-2-1-3-5-12/h1-9H,10-11H2. The first-order valence-corrected chi connectivity index (χ1v) is 8.49. The van der Waals surface area contributed by atoms with E-state index < -0.39 is 0 Å². The summed E-state index contributed by atoms with van der Waals surface area (Å²) in [6, 6.07) is 17.5. The van der Waals surface area contributed by atoms with Crippen LogP contribution in [0, 0.1) is 0 Å². The van der Waals surface area contributed by atoms with E-state index in [4.69, 9.17) is 9.15 Å². The van der Waals surface area contributed by atoms with Gasteiger partial charge in [0.05, 0.1) is 6.61 Å². The highest BCUT2D eigenvalue weighted by atomic mass is 79.9. The van der Waals surface area contributed by atoms with Crippen LogP contribution in [0.3, 0.4) is 0 Å². The number of halogens is 1. The van der Waals surface area contributed by atoms with Gasteiger partial charge in [0, 0.05) is 15.8 Å². The number of aromatic nitrogens is 2. The molecule has 0 aliphatic heterocycles. The van der Waals surface area contributed by atoms with E-state index in [-0.39, 0.29) is 0 Å². The average Bonchev–Trinajstić information content (AvgIpc) is 3.03. The number of nitrogens with zero attached hydrogens (tertiary/aromatic N) is 2. The highest BCUT2D eigenvalue weighted by Gasteiger charge is 2.08. The van der Waals surface area contributed by atoms with Crippen molar-refractivity contribution in [3.8, 4) is 17.2 Å². The topological polar surface area (TPSA) is 48.2 Å². The Hall–Kier alpha value is -1.79. The van der Waals surface area contributed by atoms with Crippen molar-refractivity contribution >= 4 is 27.7 Å². The van der Waals surface area contributed by atoms with Gasteiger partial charge in [-0.05, 0) is 36.4 Å². The number of rotatable bonds is 6. The molecule has 0 spiro atoms. The number of thioether (sulfide) groups is 1. The molecule has 112 valence electrons.